The van der Waals surface area contributed by atoms with Gasteiger partial charge in [-0.2, -0.15) is 0 Å². The van der Waals surface area contributed by atoms with Crippen LogP contribution in [0.15, 0.2) is 67.1 Å². The van der Waals surface area contributed by atoms with Crippen LogP contribution in [0.1, 0.15) is 11.3 Å². The second kappa shape index (κ2) is 13.7. The Labute approximate surface area is 194 Å². The van der Waals surface area contributed by atoms with Crippen molar-refractivity contribution in [1.82, 2.24) is 9.55 Å². The Balaban J connectivity index is 0.00000240. The number of carbonyl (C=O) groups is 1. The molecular formula is C22H28Cl2N4O3. The van der Waals surface area contributed by atoms with Crippen LogP contribution in [-0.4, -0.2) is 41.8 Å². The Morgan fingerprint density at radius 2 is 1.90 bits per heavy atom. The zero-order valence-electron chi connectivity index (χ0n) is 17.3. The van der Waals surface area contributed by atoms with Gasteiger partial charge in [0.25, 0.3) is 0 Å². The largest absolute Gasteiger partial charge is 0.491 e. The number of nitrogens with one attached hydrogen (secondary N) is 1. The fraction of sp³-hybridized carbons (Fsp3) is 0.273. The molecule has 0 fully saturated rings. The summed E-state index contributed by atoms with van der Waals surface area (Å²) in [6.45, 7) is 1.67. The average Bonchev–Trinajstić information content (AvgIpc) is 3.16. The standard InChI is InChI=1S/C22H26N4O3.2ClH/c1-28-10-11-29-20-9-5-8-18(12-20)25-22(27)21(23)13-19-15-26(16-24-19)14-17-6-3-2-4-7-17;;/h2-9,12,15-16,21H,10-11,13-14,23H2,1H3,(H,25,27);2*1H/t21-;;/m0../s1. The van der Waals surface area contributed by atoms with Gasteiger partial charge in [0.1, 0.15) is 12.4 Å². The highest BCUT2D eigenvalue weighted by atomic mass is 35.5. The van der Waals surface area contributed by atoms with E-state index in [1.807, 2.05) is 41.1 Å². The van der Waals surface area contributed by atoms with Crippen LogP contribution in [-0.2, 0) is 22.5 Å². The first-order chi connectivity index (χ1) is 14.1. The maximum Gasteiger partial charge on any atom is 0.241 e. The van der Waals surface area contributed by atoms with Crippen LogP contribution in [0.5, 0.6) is 5.75 Å². The number of benzene rings is 2. The molecule has 0 aliphatic rings. The molecule has 0 saturated carbocycles. The predicted molar refractivity (Wildman–Crippen MR) is 126 cm³/mol. The number of aromatic nitrogens is 2. The van der Waals surface area contributed by atoms with E-state index in [2.05, 4.69) is 22.4 Å². The highest BCUT2D eigenvalue weighted by molar-refractivity contribution is 5.95. The third-order valence-electron chi connectivity index (χ3n) is 4.32. The van der Waals surface area contributed by atoms with Gasteiger partial charge in [0, 0.05) is 38.0 Å². The summed E-state index contributed by atoms with van der Waals surface area (Å²) in [7, 11) is 1.62. The SMILES string of the molecule is COCCOc1cccc(NC(=O)[C@@H](N)Cc2cn(Cc3ccccc3)cn2)c1.Cl.Cl. The summed E-state index contributed by atoms with van der Waals surface area (Å²) >= 11 is 0. The monoisotopic (exact) mass is 466 g/mol. The Bertz CT molecular complexity index is 922. The summed E-state index contributed by atoms with van der Waals surface area (Å²) in [5.41, 5.74) is 8.68. The quantitative estimate of drug-likeness (QED) is 0.447. The molecule has 0 spiro atoms. The van der Waals surface area contributed by atoms with E-state index in [9.17, 15) is 4.79 Å². The molecule has 9 heteroatoms. The van der Waals surface area contributed by atoms with Gasteiger partial charge in [-0.3, -0.25) is 4.79 Å². The maximum atomic E-state index is 12.5. The first-order valence-electron chi connectivity index (χ1n) is 9.47. The van der Waals surface area contributed by atoms with Crippen molar-refractivity contribution in [3.8, 4) is 5.75 Å². The second-order valence-electron chi connectivity index (χ2n) is 6.69. The number of hydrogen-bond acceptors (Lipinski definition) is 5. The molecule has 2 aromatic carbocycles. The number of halogens is 2. The number of carbonyl (C=O) groups excluding carboxylic acids is 1. The number of rotatable bonds is 10. The summed E-state index contributed by atoms with van der Waals surface area (Å²) in [5, 5.41) is 2.83. The smallest absolute Gasteiger partial charge is 0.241 e. The van der Waals surface area contributed by atoms with Gasteiger partial charge in [0.15, 0.2) is 0 Å². The highest BCUT2D eigenvalue weighted by Gasteiger charge is 2.16. The third-order valence-corrected chi connectivity index (χ3v) is 4.32. The molecule has 0 radical (unpaired) electrons. The number of nitrogens with two attached hydrogens (primary N) is 1. The molecule has 31 heavy (non-hydrogen) atoms. The molecule has 0 aliphatic carbocycles. The van der Waals surface area contributed by atoms with E-state index < -0.39 is 6.04 Å². The van der Waals surface area contributed by atoms with Crippen LogP contribution >= 0.6 is 24.8 Å². The van der Waals surface area contributed by atoms with Crippen molar-refractivity contribution in [2.75, 3.05) is 25.6 Å². The van der Waals surface area contributed by atoms with Crippen molar-refractivity contribution >= 4 is 36.4 Å². The number of ether oxygens (including phenoxy) is 2. The lowest BCUT2D eigenvalue weighted by Crippen LogP contribution is -2.37. The Kier molecular flexibility index (Phi) is 11.7. The van der Waals surface area contributed by atoms with Crippen molar-refractivity contribution in [3.63, 3.8) is 0 Å². The van der Waals surface area contributed by atoms with E-state index in [0.29, 0.717) is 31.1 Å². The van der Waals surface area contributed by atoms with Gasteiger partial charge in [0.05, 0.1) is 24.7 Å². The molecular weight excluding hydrogens is 439 g/mol. The van der Waals surface area contributed by atoms with Crippen LogP contribution in [0.2, 0.25) is 0 Å². The lowest BCUT2D eigenvalue weighted by atomic mass is 10.1. The summed E-state index contributed by atoms with van der Waals surface area (Å²) in [4.78, 5) is 16.8. The number of methoxy groups -OCH3 is 1. The lowest BCUT2D eigenvalue weighted by molar-refractivity contribution is -0.117. The number of hydrogen-bond donors (Lipinski definition) is 2. The van der Waals surface area contributed by atoms with E-state index >= 15 is 0 Å². The Morgan fingerprint density at radius 1 is 1.13 bits per heavy atom. The topological polar surface area (TPSA) is 91.4 Å². The molecule has 3 aromatic rings. The van der Waals surface area contributed by atoms with Gasteiger partial charge >= 0.3 is 0 Å². The predicted octanol–water partition coefficient (Wildman–Crippen LogP) is 3.31. The van der Waals surface area contributed by atoms with Crippen molar-refractivity contribution in [3.05, 3.63) is 78.4 Å². The third kappa shape index (κ3) is 8.59. The lowest BCUT2D eigenvalue weighted by Gasteiger charge is -2.12. The Hall–Kier alpha value is -2.58. The molecule has 3 rings (SSSR count). The van der Waals surface area contributed by atoms with Gasteiger partial charge in [-0.1, -0.05) is 36.4 Å². The van der Waals surface area contributed by atoms with Crippen molar-refractivity contribution in [1.29, 1.82) is 0 Å². The maximum absolute atomic E-state index is 12.5. The van der Waals surface area contributed by atoms with Crippen molar-refractivity contribution < 1.29 is 14.3 Å². The van der Waals surface area contributed by atoms with Gasteiger partial charge in [-0.05, 0) is 17.7 Å². The second-order valence-corrected chi connectivity index (χ2v) is 6.69. The Morgan fingerprint density at radius 3 is 2.65 bits per heavy atom. The zero-order chi connectivity index (χ0) is 20.5. The molecule has 1 atom stereocenters. The van der Waals surface area contributed by atoms with E-state index in [4.69, 9.17) is 15.2 Å². The average molecular weight is 467 g/mol. The highest BCUT2D eigenvalue weighted by Crippen LogP contribution is 2.17. The summed E-state index contributed by atoms with van der Waals surface area (Å²) in [6, 6.07) is 16.6. The first-order valence-corrected chi connectivity index (χ1v) is 9.47. The molecule has 1 aromatic heterocycles. The summed E-state index contributed by atoms with van der Waals surface area (Å²) < 4.78 is 12.5. The molecule has 168 valence electrons. The number of anilines is 1. The van der Waals surface area contributed by atoms with Gasteiger partial charge in [-0.15, -0.1) is 24.8 Å². The van der Waals surface area contributed by atoms with Crippen molar-refractivity contribution in [2.24, 2.45) is 5.73 Å². The molecule has 1 amide bonds. The normalized spacial score (nSPS) is 11.0. The summed E-state index contributed by atoms with van der Waals surface area (Å²) in [5.74, 6) is 0.393. The van der Waals surface area contributed by atoms with Crippen LogP contribution in [0, 0.1) is 0 Å². The molecule has 0 saturated heterocycles. The minimum Gasteiger partial charge on any atom is -0.491 e. The molecule has 0 aliphatic heterocycles. The number of amides is 1. The van der Waals surface area contributed by atoms with Gasteiger partial charge in [-0.25, -0.2) is 4.98 Å². The van der Waals surface area contributed by atoms with Crippen molar-refractivity contribution in [2.45, 2.75) is 19.0 Å². The molecule has 0 unspecified atom stereocenters. The zero-order valence-corrected chi connectivity index (χ0v) is 18.9. The fourth-order valence-electron chi connectivity index (χ4n) is 2.85. The van der Waals surface area contributed by atoms with E-state index in [1.165, 1.54) is 5.56 Å². The minimum atomic E-state index is -0.701. The van der Waals surface area contributed by atoms with E-state index in [1.54, 1.807) is 25.6 Å². The van der Waals surface area contributed by atoms with E-state index in [-0.39, 0.29) is 30.7 Å². The molecule has 1 heterocycles. The number of imidazole rings is 1. The summed E-state index contributed by atoms with van der Waals surface area (Å²) in [6.07, 6.45) is 4.04. The van der Waals surface area contributed by atoms with Crippen LogP contribution in [0.25, 0.3) is 0 Å². The molecule has 0 bridgehead atoms. The first kappa shape index (κ1) is 26.5. The van der Waals surface area contributed by atoms with Crippen LogP contribution in [0.3, 0.4) is 0 Å². The van der Waals surface area contributed by atoms with Gasteiger partial charge < -0.3 is 25.1 Å². The van der Waals surface area contributed by atoms with E-state index in [0.717, 1.165) is 12.2 Å². The van der Waals surface area contributed by atoms with Crippen LogP contribution in [0.4, 0.5) is 5.69 Å². The number of nitrogens with zero attached hydrogens (tertiary/aromatic N) is 2. The van der Waals surface area contributed by atoms with Crippen LogP contribution < -0.4 is 15.8 Å². The molecule has 3 N–H and O–H groups in total. The van der Waals surface area contributed by atoms with Gasteiger partial charge in [0.2, 0.25) is 5.91 Å². The minimum absolute atomic E-state index is 0. The fourth-order valence-corrected chi connectivity index (χ4v) is 2.85. The molecule has 7 nitrogen and oxygen atoms in total.